The van der Waals surface area contributed by atoms with E-state index in [0.29, 0.717) is 41.1 Å². The third-order valence-corrected chi connectivity index (χ3v) is 3.76. The second kappa shape index (κ2) is 8.46. The largest absolute Gasteiger partial charge is 0.506 e. The molecule has 0 spiro atoms. The number of anilines is 3. The topological polar surface area (TPSA) is 103 Å². The Kier molecular flexibility index (Phi) is 5.83. The predicted molar refractivity (Wildman–Crippen MR) is 102 cm³/mol. The first-order valence-corrected chi connectivity index (χ1v) is 8.43. The summed E-state index contributed by atoms with van der Waals surface area (Å²) in [5.74, 6) is 0.956. The maximum Gasteiger partial charge on any atom is 0.225 e. The van der Waals surface area contributed by atoms with E-state index in [9.17, 15) is 5.11 Å². The van der Waals surface area contributed by atoms with Crippen LogP contribution in [0.5, 0.6) is 5.75 Å². The third-order valence-electron chi connectivity index (χ3n) is 3.52. The van der Waals surface area contributed by atoms with Crippen molar-refractivity contribution in [1.82, 2.24) is 15.0 Å². The van der Waals surface area contributed by atoms with Crippen molar-refractivity contribution in [2.24, 2.45) is 0 Å². The number of pyridine rings is 1. The van der Waals surface area contributed by atoms with Crippen LogP contribution < -0.4 is 10.6 Å². The van der Waals surface area contributed by atoms with Gasteiger partial charge in [0.1, 0.15) is 11.6 Å². The minimum atomic E-state index is 0.0609. The van der Waals surface area contributed by atoms with Gasteiger partial charge in [0, 0.05) is 42.2 Å². The van der Waals surface area contributed by atoms with Crippen LogP contribution in [0.3, 0.4) is 0 Å². The van der Waals surface area contributed by atoms with E-state index in [1.54, 1.807) is 30.6 Å². The monoisotopic (exact) mass is 371 g/mol. The van der Waals surface area contributed by atoms with E-state index < -0.39 is 0 Å². The Hall–Kier alpha value is -2.90. The molecule has 0 bridgehead atoms. The van der Waals surface area contributed by atoms with Crippen LogP contribution in [0.15, 0.2) is 48.8 Å². The molecule has 0 aliphatic carbocycles. The Labute approximate surface area is 155 Å². The fourth-order valence-corrected chi connectivity index (χ4v) is 2.45. The van der Waals surface area contributed by atoms with Crippen LogP contribution in [0, 0.1) is 0 Å². The van der Waals surface area contributed by atoms with Crippen molar-refractivity contribution in [1.29, 1.82) is 0 Å². The molecule has 26 heavy (non-hydrogen) atoms. The van der Waals surface area contributed by atoms with Gasteiger partial charge in [0.05, 0.1) is 11.4 Å². The molecule has 0 atom stereocenters. The first-order chi connectivity index (χ1) is 12.7. The quantitative estimate of drug-likeness (QED) is 0.372. The second-order valence-electron chi connectivity index (χ2n) is 5.49. The highest BCUT2D eigenvalue weighted by molar-refractivity contribution is 6.30. The lowest BCUT2D eigenvalue weighted by atomic mass is 10.2. The number of hydrogen-bond acceptors (Lipinski definition) is 7. The molecule has 0 amide bonds. The lowest BCUT2D eigenvalue weighted by molar-refractivity contribution is 0.292. The molecule has 8 heteroatoms. The Bertz CT molecular complexity index is 877. The van der Waals surface area contributed by atoms with Gasteiger partial charge in [-0.15, -0.1) is 0 Å². The fraction of sp³-hybridized carbons (Fsp3) is 0.167. The summed E-state index contributed by atoms with van der Waals surface area (Å²) >= 11 is 6.00. The van der Waals surface area contributed by atoms with Crippen molar-refractivity contribution in [3.8, 4) is 17.0 Å². The molecule has 0 fully saturated rings. The van der Waals surface area contributed by atoms with E-state index in [2.05, 4.69) is 25.6 Å². The van der Waals surface area contributed by atoms with Gasteiger partial charge in [0.2, 0.25) is 5.95 Å². The van der Waals surface area contributed by atoms with Crippen LogP contribution in [-0.2, 0) is 0 Å². The molecule has 0 radical (unpaired) electrons. The van der Waals surface area contributed by atoms with Gasteiger partial charge in [-0.05, 0) is 36.8 Å². The summed E-state index contributed by atoms with van der Waals surface area (Å²) in [4.78, 5) is 13.0. The van der Waals surface area contributed by atoms with E-state index in [-0.39, 0.29) is 12.4 Å². The number of aliphatic hydroxyl groups excluding tert-OH is 1. The van der Waals surface area contributed by atoms with Gasteiger partial charge >= 0.3 is 0 Å². The summed E-state index contributed by atoms with van der Waals surface area (Å²) in [6.45, 7) is 0.617. The molecule has 0 saturated heterocycles. The zero-order valence-corrected chi connectivity index (χ0v) is 14.6. The van der Waals surface area contributed by atoms with E-state index in [1.807, 2.05) is 12.1 Å². The van der Waals surface area contributed by atoms with Gasteiger partial charge < -0.3 is 20.8 Å². The fourth-order valence-electron chi connectivity index (χ4n) is 2.28. The third kappa shape index (κ3) is 4.59. The van der Waals surface area contributed by atoms with Crippen LogP contribution >= 0.6 is 11.6 Å². The molecular weight excluding hydrogens is 354 g/mol. The molecule has 7 nitrogen and oxygen atoms in total. The van der Waals surface area contributed by atoms with Crippen LogP contribution in [0.2, 0.25) is 5.02 Å². The standard InChI is InChI=1S/C18H18ClN5O2/c19-13-4-5-16(26)15(9-13)22-17-10-14(12-3-1-6-20-11-12)23-18(24-17)21-7-2-8-25/h1,3-6,9-11,25-26H,2,7-8H2,(H2,21,22,23,24). The first kappa shape index (κ1) is 17.9. The van der Waals surface area contributed by atoms with Gasteiger partial charge in [-0.2, -0.15) is 4.98 Å². The molecule has 1 aromatic carbocycles. The summed E-state index contributed by atoms with van der Waals surface area (Å²) < 4.78 is 0. The predicted octanol–water partition coefficient (Wildman–Crippen LogP) is 3.44. The van der Waals surface area contributed by atoms with Crippen LogP contribution in [-0.4, -0.2) is 38.3 Å². The van der Waals surface area contributed by atoms with Gasteiger partial charge in [-0.1, -0.05) is 11.6 Å². The van der Waals surface area contributed by atoms with Crippen LogP contribution in [0.1, 0.15) is 6.42 Å². The van der Waals surface area contributed by atoms with E-state index in [4.69, 9.17) is 16.7 Å². The normalized spacial score (nSPS) is 10.5. The molecule has 4 N–H and O–H groups in total. The zero-order chi connectivity index (χ0) is 18.4. The van der Waals surface area contributed by atoms with Crippen molar-refractivity contribution >= 4 is 29.1 Å². The average Bonchev–Trinajstić information content (AvgIpc) is 2.65. The Morgan fingerprint density at radius 1 is 1.12 bits per heavy atom. The van der Waals surface area contributed by atoms with E-state index in [0.717, 1.165) is 5.56 Å². The Morgan fingerprint density at radius 3 is 2.77 bits per heavy atom. The first-order valence-electron chi connectivity index (χ1n) is 8.05. The smallest absolute Gasteiger partial charge is 0.225 e. The second-order valence-corrected chi connectivity index (χ2v) is 5.93. The summed E-state index contributed by atoms with van der Waals surface area (Å²) in [5, 5.41) is 25.6. The summed E-state index contributed by atoms with van der Waals surface area (Å²) in [6, 6.07) is 10.2. The molecular formula is C18H18ClN5O2. The molecule has 2 aromatic heterocycles. The minimum Gasteiger partial charge on any atom is -0.506 e. The molecule has 0 aliphatic rings. The number of phenolic OH excluding ortho intramolecular Hbond substituents is 1. The number of nitrogens with one attached hydrogen (secondary N) is 2. The Balaban J connectivity index is 1.95. The van der Waals surface area contributed by atoms with Crippen molar-refractivity contribution < 1.29 is 10.2 Å². The number of aromatic hydroxyl groups is 1. The van der Waals surface area contributed by atoms with Gasteiger partial charge in [-0.3, -0.25) is 4.98 Å². The van der Waals surface area contributed by atoms with Gasteiger partial charge in [0.15, 0.2) is 0 Å². The number of aliphatic hydroxyl groups is 1. The number of halogens is 1. The highest BCUT2D eigenvalue weighted by Crippen LogP contribution is 2.30. The molecule has 0 unspecified atom stereocenters. The lowest BCUT2D eigenvalue weighted by Crippen LogP contribution is -2.08. The number of benzene rings is 1. The number of phenols is 1. The SMILES string of the molecule is OCCCNc1nc(Nc2cc(Cl)ccc2O)cc(-c2cccnc2)n1. The summed E-state index contributed by atoms with van der Waals surface area (Å²) in [6.07, 6.45) is 3.98. The zero-order valence-electron chi connectivity index (χ0n) is 13.9. The Morgan fingerprint density at radius 2 is 2.00 bits per heavy atom. The van der Waals surface area contributed by atoms with Crippen molar-refractivity contribution in [3.63, 3.8) is 0 Å². The maximum atomic E-state index is 10.0. The van der Waals surface area contributed by atoms with Crippen molar-refractivity contribution in [2.75, 3.05) is 23.8 Å². The summed E-state index contributed by atoms with van der Waals surface area (Å²) in [7, 11) is 0. The van der Waals surface area contributed by atoms with Gasteiger partial charge in [-0.25, -0.2) is 4.98 Å². The van der Waals surface area contributed by atoms with Crippen LogP contribution in [0.25, 0.3) is 11.3 Å². The highest BCUT2D eigenvalue weighted by Gasteiger charge is 2.09. The van der Waals surface area contributed by atoms with E-state index in [1.165, 1.54) is 6.07 Å². The molecule has 0 aliphatic heterocycles. The number of aromatic nitrogens is 3. The lowest BCUT2D eigenvalue weighted by Gasteiger charge is -2.12. The molecule has 3 aromatic rings. The van der Waals surface area contributed by atoms with Crippen molar-refractivity contribution in [3.05, 3.63) is 53.8 Å². The van der Waals surface area contributed by atoms with Crippen molar-refractivity contribution in [2.45, 2.75) is 6.42 Å². The molecule has 3 rings (SSSR count). The summed E-state index contributed by atoms with van der Waals surface area (Å²) in [5.41, 5.74) is 1.94. The minimum absolute atomic E-state index is 0.0609. The molecule has 0 saturated carbocycles. The molecule has 134 valence electrons. The average molecular weight is 372 g/mol. The van der Waals surface area contributed by atoms with E-state index >= 15 is 0 Å². The molecule has 2 heterocycles. The van der Waals surface area contributed by atoms with Gasteiger partial charge in [0.25, 0.3) is 0 Å². The number of rotatable bonds is 7. The highest BCUT2D eigenvalue weighted by atomic mass is 35.5. The van der Waals surface area contributed by atoms with Crippen LogP contribution in [0.4, 0.5) is 17.5 Å². The number of hydrogen-bond donors (Lipinski definition) is 4. The number of nitrogens with zero attached hydrogens (tertiary/aromatic N) is 3. The maximum absolute atomic E-state index is 10.0.